The molecule has 4 rings (SSSR count). The van der Waals surface area contributed by atoms with Crippen LogP contribution >= 0.6 is 23.2 Å². The number of hydrogen-bond donors (Lipinski definition) is 0. The minimum Gasteiger partial charge on any atom is -0.337 e. The van der Waals surface area contributed by atoms with Crippen LogP contribution in [-0.4, -0.2) is 27.0 Å². The molecule has 1 saturated heterocycles. The maximum Gasteiger partial charge on any atom is 0.249 e. The third-order valence-corrected chi connectivity index (χ3v) is 8.07. The quantitative estimate of drug-likeness (QED) is 0.225. The van der Waals surface area contributed by atoms with Crippen LogP contribution in [0.4, 0.5) is 0 Å². The predicted octanol–water partition coefficient (Wildman–Crippen LogP) is 8.27. The van der Waals surface area contributed by atoms with E-state index in [2.05, 4.69) is 24.4 Å². The van der Waals surface area contributed by atoms with E-state index in [-0.39, 0.29) is 17.9 Å². The van der Waals surface area contributed by atoms with Crippen molar-refractivity contribution in [3.05, 3.63) is 94.6 Å². The van der Waals surface area contributed by atoms with E-state index in [4.69, 9.17) is 32.7 Å². The van der Waals surface area contributed by atoms with Crippen LogP contribution in [0.1, 0.15) is 88.0 Å². The number of likely N-dealkylation sites (tertiary alicyclic amines) is 1. The summed E-state index contributed by atoms with van der Waals surface area (Å²) < 4.78 is 5.78. The molecule has 1 unspecified atom stereocenters. The van der Waals surface area contributed by atoms with Crippen LogP contribution in [0.5, 0.6) is 0 Å². The molecule has 2 aliphatic rings. The number of aromatic nitrogens is 2. The summed E-state index contributed by atoms with van der Waals surface area (Å²) in [7, 11) is 0. The summed E-state index contributed by atoms with van der Waals surface area (Å²) >= 11 is 12.7. The summed E-state index contributed by atoms with van der Waals surface area (Å²) in [4.78, 5) is 21.1. The topological polar surface area (TPSA) is 59.2 Å². The highest BCUT2D eigenvalue weighted by Crippen LogP contribution is 2.50. The summed E-state index contributed by atoms with van der Waals surface area (Å²) in [6.45, 7) is 14.3. The van der Waals surface area contributed by atoms with Gasteiger partial charge in [0.15, 0.2) is 5.82 Å². The first-order valence-electron chi connectivity index (χ1n) is 12.9. The third-order valence-electron chi connectivity index (χ3n) is 7.49. The lowest BCUT2D eigenvalue weighted by Gasteiger charge is -2.51. The van der Waals surface area contributed by atoms with Crippen molar-refractivity contribution in [2.75, 3.05) is 0 Å². The fourth-order valence-corrected chi connectivity index (χ4v) is 5.64. The molecule has 37 heavy (non-hydrogen) atoms. The van der Waals surface area contributed by atoms with E-state index in [0.29, 0.717) is 41.1 Å². The average Bonchev–Trinajstić information content (AvgIpc) is 3.62. The largest absolute Gasteiger partial charge is 0.337 e. The minimum atomic E-state index is -0.664. The van der Waals surface area contributed by atoms with Crippen LogP contribution in [0, 0.1) is 5.41 Å². The maximum absolute atomic E-state index is 14.4. The number of benzene rings is 1. The van der Waals surface area contributed by atoms with Gasteiger partial charge < -0.3 is 9.42 Å². The summed E-state index contributed by atoms with van der Waals surface area (Å²) in [5.74, 6) is 1.52. The van der Waals surface area contributed by atoms with Crippen LogP contribution < -0.4 is 0 Å². The molecule has 2 aromatic rings. The normalized spacial score (nSPS) is 25.5. The van der Waals surface area contributed by atoms with Crippen LogP contribution in [0.25, 0.3) is 0 Å². The number of nitrogens with zero attached hydrogens (tertiary/aromatic N) is 3. The van der Waals surface area contributed by atoms with Crippen molar-refractivity contribution in [2.45, 2.75) is 76.8 Å². The highest BCUT2D eigenvalue weighted by molar-refractivity contribution is 6.31. The molecule has 0 bridgehead atoms. The Morgan fingerprint density at radius 1 is 1.35 bits per heavy atom. The number of carbonyl (C=O) groups is 1. The van der Waals surface area contributed by atoms with E-state index < -0.39 is 11.5 Å². The van der Waals surface area contributed by atoms with Crippen molar-refractivity contribution >= 4 is 29.1 Å². The SMILES string of the molecule is C=CC[C@@]1(C)CC(c2cccc(Cl)c2)[C@@H](C(=C)/C=C\C(Cl)=C/C)N([C@H](CC)c2nc(C3CC3)no2)C1=O. The molecule has 1 aromatic heterocycles. The number of allylic oxidation sites excluding steroid dienone is 4. The second-order valence-electron chi connectivity index (χ2n) is 10.3. The summed E-state index contributed by atoms with van der Waals surface area (Å²) in [6.07, 6.45) is 11.3. The first-order chi connectivity index (χ1) is 17.7. The highest BCUT2D eigenvalue weighted by Gasteiger charge is 2.52. The number of amides is 1. The lowest BCUT2D eigenvalue weighted by atomic mass is 9.67. The van der Waals surface area contributed by atoms with Gasteiger partial charge in [-0.05, 0) is 68.4 Å². The van der Waals surface area contributed by atoms with Crippen molar-refractivity contribution in [1.29, 1.82) is 0 Å². The van der Waals surface area contributed by atoms with Gasteiger partial charge in [0.25, 0.3) is 0 Å². The number of halogens is 2. The molecular formula is C30H35Cl2N3O2. The van der Waals surface area contributed by atoms with Crippen molar-refractivity contribution in [3.63, 3.8) is 0 Å². The van der Waals surface area contributed by atoms with Gasteiger partial charge in [-0.3, -0.25) is 4.79 Å². The molecule has 1 aromatic carbocycles. The molecular weight excluding hydrogens is 505 g/mol. The monoisotopic (exact) mass is 539 g/mol. The Hall–Kier alpha value is -2.63. The number of carbonyl (C=O) groups excluding carboxylic acids is 1. The maximum atomic E-state index is 14.4. The van der Waals surface area contributed by atoms with E-state index in [1.54, 1.807) is 0 Å². The molecule has 196 valence electrons. The van der Waals surface area contributed by atoms with Gasteiger partial charge >= 0.3 is 0 Å². The zero-order valence-corrected chi connectivity index (χ0v) is 23.3. The predicted molar refractivity (Wildman–Crippen MR) is 150 cm³/mol. The standard InChI is InChI=1S/C30H35Cl2N3O2/c1-6-16-30(5)18-24(21-10-9-11-23(32)17-21)26(19(4)12-15-22(31)7-2)35(29(30)36)25(8-3)28-33-27(34-37-28)20-13-14-20/h6-7,9-12,15,17,20,24-26H,1,4,8,13-14,16,18H2,2-3,5H3/b15-12-,22-7+/t24?,25-,26-,30+/m1/s1. The zero-order valence-electron chi connectivity index (χ0n) is 21.8. The number of piperidine rings is 1. The number of hydrogen-bond acceptors (Lipinski definition) is 4. The lowest BCUT2D eigenvalue weighted by Crippen LogP contribution is -2.57. The van der Waals surface area contributed by atoms with E-state index in [1.165, 1.54) is 0 Å². The van der Waals surface area contributed by atoms with E-state index in [9.17, 15) is 4.79 Å². The Morgan fingerprint density at radius 3 is 2.73 bits per heavy atom. The van der Waals surface area contributed by atoms with Gasteiger partial charge in [-0.15, -0.1) is 6.58 Å². The molecule has 7 heteroatoms. The smallest absolute Gasteiger partial charge is 0.249 e. The molecule has 0 N–H and O–H groups in total. The van der Waals surface area contributed by atoms with Crippen molar-refractivity contribution in [3.8, 4) is 0 Å². The first kappa shape index (κ1) is 27.4. The summed E-state index contributed by atoms with van der Waals surface area (Å²) in [5.41, 5.74) is 1.17. The van der Waals surface area contributed by atoms with E-state index in [1.807, 2.05) is 68.2 Å². The Morgan fingerprint density at radius 2 is 2.11 bits per heavy atom. The molecule has 0 spiro atoms. The van der Waals surface area contributed by atoms with Gasteiger partial charge in [0.05, 0.1) is 11.5 Å². The zero-order chi connectivity index (χ0) is 26.7. The molecule has 1 saturated carbocycles. The average molecular weight is 541 g/mol. The lowest BCUT2D eigenvalue weighted by molar-refractivity contribution is -0.153. The molecule has 2 fully saturated rings. The van der Waals surface area contributed by atoms with Crippen molar-refractivity contribution < 1.29 is 9.32 Å². The molecule has 4 atom stereocenters. The first-order valence-corrected chi connectivity index (χ1v) is 13.7. The van der Waals surface area contributed by atoms with Crippen molar-refractivity contribution in [2.24, 2.45) is 5.41 Å². The van der Waals surface area contributed by atoms with Gasteiger partial charge in [0, 0.05) is 21.9 Å². The van der Waals surface area contributed by atoms with Gasteiger partial charge in [-0.2, -0.15) is 4.98 Å². The number of rotatable bonds is 10. The van der Waals surface area contributed by atoms with E-state index in [0.717, 1.165) is 29.8 Å². The molecule has 1 aliphatic carbocycles. The van der Waals surface area contributed by atoms with Gasteiger partial charge in [-0.1, -0.05) is 79.1 Å². The van der Waals surface area contributed by atoms with Crippen molar-refractivity contribution in [1.82, 2.24) is 15.0 Å². The van der Waals surface area contributed by atoms with Crippen LogP contribution in [0.2, 0.25) is 5.02 Å². The molecule has 2 heterocycles. The minimum absolute atomic E-state index is 0.0281. The molecule has 1 aliphatic heterocycles. The Labute approximate surface area is 229 Å². The third kappa shape index (κ3) is 5.78. The fraction of sp³-hybridized carbons (Fsp3) is 0.433. The Balaban J connectivity index is 1.87. The van der Waals surface area contributed by atoms with Crippen LogP contribution in [0.15, 0.2) is 76.9 Å². The molecule has 1 amide bonds. The highest BCUT2D eigenvalue weighted by atomic mass is 35.5. The van der Waals surface area contributed by atoms with Crippen LogP contribution in [-0.2, 0) is 4.79 Å². The Bertz CT molecular complexity index is 1230. The second-order valence-corrected chi connectivity index (χ2v) is 11.2. The fourth-order valence-electron chi connectivity index (χ4n) is 5.38. The van der Waals surface area contributed by atoms with E-state index >= 15 is 0 Å². The second kappa shape index (κ2) is 11.4. The summed E-state index contributed by atoms with van der Waals surface area (Å²) in [5, 5.41) is 5.50. The van der Waals surface area contributed by atoms with Gasteiger partial charge in [-0.25, -0.2) is 0 Å². The molecule has 5 nitrogen and oxygen atoms in total. The van der Waals surface area contributed by atoms with Gasteiger partial charge in [0.1, 0.15) is 6.04 Å². The Kier molecular flexibility index (Phi) is 8.45. The summed E-state index contributed by atoms with van der Waals surface area (Å²) in [6, 6.07) is 7.11. The van der Waals surface area contributed by atoms with Crippen LogP contribution in [0.3, 0.4) is 0 Å². The molecule has 0 radical (unpaired) electrons. The van der Waals surface area contributed by atoms with Gasteiger partial charge in [0.2, 0.25) is 11.8 Å².